The van der Waals surface area contributed by atoms with Crippen LogP contribution in [0.4, 0.5) is 0 Å². The smallest absolute Gasteiger partial charge is 0.189 e. The van der Waals surface area contributed by atoms with Crippen LogP contribution in [-0.4, -0.2) is 24.7 Å². The van der Waals surface area contributed by atoms with E-state index in [1.165, 1.54) is 6.42 Å². The van der Waals surface area contributed by atoms with Gasteiger partial charge in [-0.15, -0.1) is 12.1 Å². The zero-order valence-corrected chi connectivity index (χ0v) is 18.2. The number of carbonyl (C=O) groups excluding carboxylic acids is 2. The van der Waals surface area contributed by atoms with Gasteiger partial charge in [0.1, 0.15) is 0 Å². The third-order valence-corrected chi connectivity index (χ3v) is 1.18. The van der Waals surface area contributed by atoms with Crippen LogP contribution >= 0.6 is 0 Å². The first-order valence-electron chi connectivity index (χ1n) is 5.49. The Labute approximate surface area is 163 Å². The van der Waals surface area contributed by atoms with Crippen LogP contribution in [0.3, 0.4) is 0 Å². The van der Waals surface area contributed by atoms with Gasteiger partial charge in [-0.25, -0.2) is 25.1 Å². The van der Waals surface area contributed by atoms with Gasteiger partial charge >= 0.3 is 0 Å². The average molecular weight is 523 g/mol. The number of nitrogens with zero attached hydrogens (tertiary/aromatic N) is 1. The number of hydrogen-bond donors (Lipinski definition) is 1. The molecule has 4 nitrogen and oxygen atoms in total. The number of amides is 1. The van der Waals surface area contributed by atoms with E-state index in [4.69, 9.17) is 4.79 Å². The van der Waals surface area contributed by atoms with Gasteiger partial charge in [-0.3, -0.25) is 11.6 Å². The molecule has 0 bridgehead atoms. The van der Waals surface area contributed by atoms with Crippen molar-refractivity contribution in [2.24, 2.45) is 0 Å². The van der Waals surface area contributed by atoms with E-state index in [9.17, 15) is 4.79 Å². The molecule has 0 atom stereocenters. The quantitative estimate of drug-likeness (QED) is 0.454. The molecule has 0 saturated carbocycles. The van der Waals surface area contributed by atoms with Crippen LogP contribution in [0.5, 0.6) is 0 Å². The molecule has 0 saturated heterocycles. The van der Waals surface area contributed by atoms with Gasteiger partial charge < -0.3 is 22.0 Å². The molecule has 0 fully saturated rings. The Bertz CT molecular complexity index is 269. The molecule has 0 aliphatic rings. The molecule has 1 amide bonds. The van der Waals surface area contributed by atoms with E-state index >= 15 is 0 Å². The third-order valence-electron chi connectivity index (χ3n) is 1.18. The molecule has 1 rings (SSSR count). The van der Waals surface area contributed by atoms with E-state index in [0.29, 0.717) is 6.42 Å². The topological polar surface area (TPSA) is 59.1 Å². The van der Waals surface area contributed by atoms with Crippen LogP contribution in [0.15, 0.2) is 18.3 Å². The minimum absolute atomic E-state index is 0. The van der Waals surface area contributed by atoms with Gasteiger partial charge in [0.05, 0.1) is 0 Å². The number of rotatable bonds is 1. The summed E-state index contributed by atoms with van der Waals surface area (Å²) in [5.41, 5.74) is 0.791. The van der Waals surface area contributed by atoms with Crippen molar-refractivity contribution in [2.75, 3.05) is 7.05 Å². The van der Waals surface area contributed by atoms with Gasteiger partial charge in [0, 0.05) is 60.8 Å². The van der Waals surface area contributed by atoms with Crippen molar-refractivity contribution in [3.8, 4) is 0 Å². The molecule has 1 radical (unpaired) electrons. The Hall–Kier alpha value is -0.0478. The SMILES string of the molecule is CCC.[CH-]=O.[CH2-]CC(=O)NC.[CH2-]c1cc[c-]cn1.[W].[Y]. The molecule has 1 aromatic heterocycles. The van der Waals surface area contributed by atoms with E-state index in [0.717, 1.165) is 5.69 Å². The van der Waals surface area contributed by atoms with Gasteiger partial charge in [-0.2, -0.15) is 0 Å². The summed E-state index contributed by atoms with van der Waals surface area (Å²) < 4.78 is 0. The number of pyridine rings is 1. The summed E-state index contributed by atoms with van der Waals surface area (Å²) in [4.78, 5) is 21.6. The van der Waals surface area contributed by atoms with Gasteiger partial charge in [0.15, 0.2) is 5.91 Å². The first-order valence-corrected chi connectivity index (χ1v) is 5.49. The first kappa shape index (κ1) is 32.1. The zero-order valence-electron chi connectivity index (χ0n) is 12.4. The first-order chi connectivity index (χ1) is 8.62. The summed E-state index contributed by atoms with van der Waals surface area (Å²) in [5, 5.41) is 2.41. The fourth-order valence-electron chi connectivity index (χ4n) is 0.476. The molecule has 0 unspecified atom stereocenters. The van der Waals surface area contributed by atoms with Crippen molar-refractivity contribution in [1.82, 2.24) is 10.3 Å². The Morgan fingerprint density at radius 1 is 1.45 bits per heavy atom. The fourth-order valence-corrected chi connectivity index (χ4v) is 0.476. The molecule has 113 valence electrons. The molecule has 1 aromatic rings. The largest absolute Gasteiger partial charge is 0.545 e. The van der Waals surface area contributed by atoms with Crippen molar-refractivity contribution in [3.05, 3.63) is 43.9 Å². The van der Waals surface area contributed by atoms with Crippen molar-refractivity contribution in [2.45, 2.75) is 26.7 Å². The summed E-state index contributed by atoms with van der Waals surface area (Å²) >= 11 is 0. The van der Waals surface area contributed by atoms with Crippen molar-refractivity contribution in [3.63, 3.8) is 0 Å². The van der Waals surface area contributed by atoms with Crippen molar-refractivity contribution < 1.29 is 63.4 Å². The summed E-state index contributed by atoms with van der Waals surface area (Å²) in [6, 6.07) is 6.37. The van der Waals surface area contributed by atoms with E-state index in [-0.39, 0.29) is 59.7 Å². The van der Waals surface area contributed by atoms with Crippen LogP contribution in [0.25, 0.3) is 0 Å². The molecule has 0 aromatic carbocycles. The summed E-state index contributed by atoms with van der Waals surface area (Å²) in [6.07, 6.45) is 3.18. The van der Waals surface area contributed by atoms with Crippen LogP contribution < -0.4 is 5.32 Å². The predicted molar refractivity (Wildman–Crippen MR) is 74.3 cm³/mol. The van der Waals surface area contributed by atoms with E-state index in [1.807, 2.05) is 0 Å². The Morgan fingerprint density at radius 2 is 1.90 bits per heavy atom. The third kappa shape index (κ3) is 36.1. The summed E-state index contributed by atoms with van der Waals surface area (Å²) in [6.45, 7) is 14.4. The second kappa shape index (κ2) is 31.4. The van der Waals surface area contributed by atoms with E-state index < -0.39 is 0 Å². The van der Waals surface area contributed by atoms with Crippen molar-refractivity contribution >= 4 is 12.7 Å². The van der Waals surface area contributed by atoms with Crippen LogP contribution in [0.2, 0.25) is 0 Å². The Balaban J connectivity index is -0.0000000534. The van der Waals surface area contributed by atoms with Crippen LogP contribution in [0, 0.1) is 19.9 Å². The van der Waals surface area contributed by atoms with Crippen LogP contribution in [-0.2, 0) is 63.4 Å². The normalized spacial score (nSPS) is 6.40. The maximum absolute atomic E-state index is 10.0. The van der Waals surface area contributed by atoms with Gasteiger partial charge in [0.2, 0.25) is 0 Å². The molecule has 1 N–H and O–H groups in total. The minimum atomic E-state index is -0.0185. The fraction of sp³-hybridized carbons (Fsp3) is 0.357. The standard InChI is InChI=1S/C6H5N.C4H8NO.C3H8.CHO.W.Y/c1-6-4-2-3-5-7-6;1-3-4(6)5-2;1-3-2;1-2;;/h2,4-5H,1H2;1,3H2,2H3,(H,5,6);3H2,1-2H3;1H;;/q-2;-1;;-1;;. The molecule has 0 aliphatic carbocycles. The average Bonchev–Trinajstić information content (AvgIpc) is 2.42. The number of nitrogens with one attached hydrogen (secondary N) is 1. The second-order valence-corrected chi connectivity index (χ2v) is 2.88. The Kier molecular flexibility index (Phi) is 50.3. The van der Waals surface area contributed by atoms with Crippen molar-refractivity contribution in [1.29, 1.82) is 0 Å². The predicted octanol–water partition coefficient (Wildman–Crippen LogP) is 2.16. The summed E-state index contributed by atoms with van der Waals surface area (Å²) in [7, 11) is 1.59. The van der Waals surface area contributed by atoms with Gasteiger partial charge in [-0.05, 0) is 0 Å². The molecule has 0 spiro atoms. The number of aromatic nitrogens is 1. The maximum Gasteiger partial charge on any atom is 0.189 e. The molecule has 1 heterocycles. The zero-order chi connectivity index (χ0) is 14.8. The van der Waals surface area contributed by atoms with E-state index in [1.54, 1.807) is 25.4 Å². The molecule has 0 aliphatic heterocycles. The number of hydrogen-bond acceptors (Lipinski definition) is 3. The molecular formula is C14H22N2O2WY-4. The number of carbonyl (C=O) groups is 1. The van der Waals surface area contributed by atoms with Gasteiger partial charge in [-0.1, -0.05) is 26.5 Å². The van der Waals surface area contributed by atoms with Crippen LogP contribution in [0.1, 0.15) is 32.4 Å². The Morgan fingerprint density at radius 3 is 2.00 bits per heavy atom. The molecule has 6 heteroatoms. The monoisotopic (exact) mass is 523 g/mol. The maximum atomic E-state index is 10.0. The summed E-state index contributed by atoms with van der Waals surface area (Å²) in [5.74, 6) is -0.0185. The van der Waals surface area contributed by atoms with Gasteiger partial charge in [0.25, 0.3) is 0 Å². The molecule has 20 heavy (non-hydrogen) atoms. The second-order valence-electron chi connectivity index (χ2n) is 2.88. The minimum Gasteiger partial charge on any atom is -0.545 e. The molecular weight excluding hydrogens is 501 g/mol. The van der Waals surface area contributed by atoms with E-state index in [2.05, 4.69) is 50.9 Å².